The van der Waals surface area contributed by atoms with Gasteiger partial charge in [0.05, 0.1) is 0 Å². The van der Waals surface area contributed by atoms with Gasteiger partial charge >= 0.3 is 6.18 Å². The van der Waals surface area contributed by atoms with Crippen molar-refractivity contribution < 1.29 is 23.1 Å². The highest BCUT2D eigenvalue weighted by Crippen LogP contribution is 2.28. The maximum atomic E-state index is 12.8. The first kappa shape index (κ1) is 18.5. The van der Waals surface area contributed by atoms with E-state index in [1.165, 1.54) is 0 Å². The number of rotatable bonds is 8. The first-order chi connectivity index (χ1) is 10.3. The molecule has 0 saturated heterocycles. The minimum Gasteiger partial charge on any atom is -0.396 e. The van der Waals surface area contributed by atoms with Gasteiger partial charge in [0.1, 0.15) is 5.69 Å². The summed E-state index contributed by atoms with van der Waals surface area (Å²) in [5, 5.41) is 14.9. The van der Waals surface area contributed by atoms with Crippen molar-refractivity contribution in [3.05, 3.63) is 17.5 Å². The second-order valence-corrected chi connectivity index (χ2v) is 5.34. The van der Waals surface area contributed by atoms with Gasteiger partial charge in [-0.15, -0.1) is 0 Å². The number of amides is 1. The zero-order valence-corrected chi connectivity index (χ0v) is 12.8. The summed E-state index contributed by atoms with van der Waals surface area (Å²) in [5.74, 6) is -0.776. The number of alkyl halides is 3. The fourth-order valence-electron chi connectivity index (χ4n) is 1.84. The van der Waals surface area contributed by atoms with Crippen LogP contribution in [0, 0.1) is 5.92 Å². The van der Waals surface area contributed by atoms with Crippen LogP contribution in [0.25, 0.3) is 0 Å². The van der Waals surface area contributed by atoms with Crippen molar-refractivity contribution in [2.75, 3.05) is 13.2 Å². The number of hydrogen-bond acceptors (Lipinski definition) is 3. The normalized spacial score (nSPS) is 13.2. The average Bonchev–Trinajstić information content (AvgIpc) is 2.89. The molecule has 1 aromatic heterocycles. The molecule has 0 aliphatic heterocycles. The molecule has 0 aliphatic carbocycles. The van der Waals surface area contributed by atoms with E-state index in [1.807, 2.05) is 6.92 Å². The van der Waals surface area contributed by atoms with Gasteiger partial charge in [-0.1, -0.05) is 26.7 Å². The topological polar surface area (TPSA) is 67.2 Å². The predicted octanol–water partition coefficient (Wildman–Crippen LogP) is 2.45. The van der Waals surface area contributed by atoms with Gasteiger partial charge in [0.25, 0.3) is 5.91 Å². The summed E-state index contributed by atoms with van der Waals surface area (Å²) >= 11 is 0. The van der Waals surface area contributed by atoms with Crippen LogP contribution in [-0.4, -0.2) is 33.9 Å². The van der Waals surface area contributed by atoms with Crippen molar-refractivity contribution in [3.8, 4) is 0 Å². The van der Waals surface area contributed by atoms with E-state index < -0.39 is 17.8 Å². The minimum absolute atomic E-state index is 0.103. The van der Waals surface area contributed by atoms with E-state index in [-0.39, 0.29) is 31.3 Å². The summed E-state index contributed by atoms with van der Waals surface area (Å²) in [6.07, 6.45) is -2.15. The Morgan fingerprint density at radius 3 is 2.68 bits per heavy atom. The summed E-state index contributed by atoms with van der Waals surface area (Å²) in [4.78, 5) is 12.0. The summed E-state index contributed by atoms with van der Waals surface area (Å²) < 4.78 is 39.4. The molecule has 22 heavy (non-hydrogen) atoms. The van der Waals surface area contributed by atoms with Crippen LogP contribution in [0.4, 0.5) is 13.2 Å². The molecule has 5 nitrogen and oxygen atoms in total. The van der Waals surface area contributed by atoms with E-state index in [0.717, 1.165) is 23.6 Å². The molecule has 2 N–H and O–H groups in total. The third-order valence-corrected chi connectivity index (χ3v) is 3.20. The Morgan fingerprint density at radius 1 is 1.45 bits per heavy atom. The van der Waals surface area contributed by atoms with E-state index in [1.54, 1.807) is 6.92 Å². The van der Waals surface area contributed by atoms with Gasteiger partial charge in [-0.05, 0) is 12.3 Å². The number of nitrogens with zero attached hydrogens (tertiary/aromatic N) is 2. The van der Waals surface area contributed by atoms with Crippen molar-refractivity contribution in [1.29, 1.82) is 0 Å². The van der Waals surface area contributed by atoms with Crippen molar-refractivity contribution in [2.24, 2.45) is 5.92 Å². The number of hydrogen-bond donors (Lipinski definition) is 2. The lowest BCUT2D eigenvalue weighted by Crippen LogP contribution is -2.31. The van der Waals surface area contributed by atoms with Crippen molar-refractivity contribution in [1.82, 2.24) is 15.1 Å². The SMILES string of the molecule is CCCCCn1nc(C(F)(F)F)cc1C(=O)NCC(C)CO. The molecule has 1 atom stereocenters. The smallest absolute Gasteiger partial charge is 0.396 e. The Balaban J connectivity index is 2.89. The number of aliphatic hydroxyl groups excluding tert-OH is 1. The average molecular weight is 321 g/mol. The number of nitrogens with one attached hydrogen (secondary N) is 1. The first-order valence-electron chi connectivity index (χ1n) is 7.33. The number of aryl methyl sites for hydroxylation is 1. The third-order valence-electron chi connectivity index (χ3n) is 3.20. The van der Waals surface area contributed by atoms with Crippen LogP contribution < -0.4 is 5.32 Å². The summed E-state index contributed by atoms with van der Waals surface area (Å²) in [5.41, 5.74) is -1.17. The van der Waals surface area contributed by atoms with Crippen molar-refractivity contribution in [3.63, 3.8) is 0 Å². The fraction of sp³-hybridized carbons (Fsp3) is 0.714. The van der Waals surface area contributed by atoms with E-state index in [2.05, 4.69) is 10.4 Å². The number of aliphatic hydroxyl groups is 1. The van der Waals surface area contributed by atoms with Crippen LogP contribution in [0.5, 0.6) is 0 Å². The molecule has 0 aromatic carbocycles. The monoisotopic (exact) mass is 321 g/mol. The predicted molar refractivity (Wildman–Crippen MR) is 75.3 cm³/mol. The second kappa shape index (κ2) is 8.17. The van der Waals surface area contributed by atoms with E-state index in [9.17, 15) is 18.0 Å². The lowest BCUT2D eigenvalue weighted by molar-refractivity contribution is -0.141. The third kappa shape index (κ3) is 5.32. The highest BCUT2D eigenvalue weighted by atomic mass is 19.4. The molecule has 1 aromatic rings. The van der Waals surface area contributed by atoms with Gasteiger partial charge in [-0.25, -0.2) is 0 Å². The standard InChI is InChI=1S/C14H22F3N3O2/c1-3-4-5-6-20-11(7-12(19-20)14(15,16)17)13(22)18-8-10(2)9-21/h7,10,21H,3-6,8-9H2,1-2H3,(H,18,22). The van der Waals surface area contributed by atoms with Crippen LogP contribution in [0.15, 0.2) is 6.07 Å². The second-order valence-electron chi connectivity index (χ2n) is 5.34. The summed E-state index contributed by atoms with van der Waals surface area (Å²) in [6, 6.07) is 0.769. The molecule has 0 bridgehead atoms. The molecule has 126 valence electrons. The molecule has 1 amide bonds. The molecule has 8 heteroatoms. The van der Waals surface area contributed by atoms with Gasteiger partial charge in [0, 0.05) is 25.8 Å². The number of unbranched alkanes of at least 4 members (excludes halogenated alkanes) is 2. The van der Waals surface area contributed by atoms with Crippen LogP contribution in [-0.2, 0) is 12.7 Å². The molecule has 0 spiro atoms. The van der Waals surface area contributed by atoms with E-state index in [0.29, 0.717) is 6.42 Å². The van der Waals surface area contributed by atoms with Crippen molar-refractivity contribution in [2.45, 2.75) is 45.8 Å². The molecular weight excluding hydrogens is 299 g/mol. The van der Waals surface area contributed by atoms with Crippen LogP contribution in [0.1, 0.15) is 49.3 Å². The Bertz CT molecular complexity index is 486. The molecule has 1 rings (SSSR count). The van der Waals surface area contributed by atoms with Crippen molar-refractivity contribution >= 4 is 5.91 Å². The van der Waals surface area contributed by atoms with Gasteiger partial charge in [0.2, 0.25) is 0 Å². The molecule has 0 fully saturated rings. The fourth-order valence-corrected chi connectivity index (χ4v) is 1.84. The summed E-state index contributed by atoms with van der Waals surface area (Å²) in [7, 11) is 0. The molecule has 1 heterocycles. The largest absolute Gasteiger partial charge is 0.435 e. The molecule has 0 saturated carbocycles. The zero-order valence-electron chi connectivity index (χ0n) is 12.8. The number of carbonyl (C=O) groups is 1. The highest BCUT2D eigenvalue weighted by molar-refractivity contribution is 5.92. The van der Waals surface area contributed by atoms with E-state index in [4.69, 9.17) is 5.11 Å². The molecule has 0 aliphatic rings. The minimum atomic E-state index is -4.58. The molecular formula is C14H22F3N3O2. The Kier molecular flexibility index (Phi) is 6.86. The summed E-state index contributed by atoms with van der Waals surface area (Å²) in [6.45, 7) is 4.05. The van der Waals surface area contributed by atoms with Crippen LogP contribution >= 0.6 is 0 Å². The van der Waals surface area contributed by atoms with Crippen LogP contribution in [0.2, 0.25) is 0 Å². The highest BCUT2D eigenvalue weighted by Gasteiger charge is 2.35. The van der Waals surface area contributed by atoms with Gasteiger partial charge < -0.3 is 10.4 Å². The lowest BCUT2D eigenvalue weighted by Gasteiger charge is -2.11. The Labute approximate surface area is 127 Å². The first-order valence-corrected chi connectivity index (χ1v) is 7.33. The Morgan fingerprint density at radius 2 is 2.14 bits per heavy atom. The van der Waals surface area contributed by atoms with Gasteiger partial charge in [-0.3, -0.25) is 9.48 Å². The maximum absolute atomic E-state index is 12.8. The Hall–Kier alpha value is -1.57. The zero-order chi connectivity index (χ0) is 16.8. The van der Waals surface area contributed by atoms with Crippen LogP contribution in [0.3, 0.4) is 0 Å². The number of carbonyl (C=O) groups excluding carboxylic acids is 1. The van der Waals surface area contributed by atoms with E-state index >= 15 is 0 Å². The lowest BCUT2D eigenvalue weighted by atomic mass is 10.2. The number of aromatic nitrogens is 2. The number of halogens is 3. The van der Waals surface area contributed by atoms with Gasteiger partial charge in [-0.2, -0.15) is 18.3 Å². The maximum Gasteiger partial charge on any atom is 0.435 e. The molecule has 1 unspecified atom stereocenters. The van der Waals surface area contributed by atoms with Gasteiger partial charge in [0.15, 0.2) is 5.69 Å². The quantitative estimate of drug-likeness (QED) is 0.723. The molecule has 0 radical (unpaired) electrons.